The van der Waals surface area contributed by atoms with Crippen LogP contribution in [0.15, 0.2) is 0 Å². The number of nitrogens with zero attached hydrogens (tertiary/aromatic N) is 1. The van der Waals surface area contributed by atoms with E-state index in [0.717, 1.165) is 19.6 Å². The predicted molar refractivity (Wildman–Crippen MR) is 60.7 cm³/mol. The van der Waals surface area contributed by atoms with Crippen LogP contribution in [0, 0.1) is 5.41 Å². The SMILES string of the molecule is CC(CO)(CO)CN1CCCSCC1. The molecule has 1 saturated heterocycles. The molecule has 0 saturated carbocycles. The van der Waals surface area contributed by atoms with Crippen LogP contribution in [0.25, 0.3) is 0 Å². The van der Waals surface area contributed by atoms with Gasteiger partial charge in [0.1, 0.15) is 0 Å². The second-order valence-corrected chi connectivity index (χ2v) is 5.59. The van der Waals surface area contributed by atoms with Crippen molar-refractivity contribution in [2.75, 3.05) is 44.4 Å². The van der Waals surface area contributed by atoms with E-state index in [1.807, 2.05) is 18.7 Å². The van der Waals surface area contributed by atoms with Gasteiger partial charge in [-0.1, -0.05) is 6.92 Å². The lowest BCUT2D eigenvalue weighted by Crippen LogP contribution is -2.41. The third kappa shape index (κ3) is 3.77. The maximum absolute atomic E-state index is 9.19. The van der Waals surface area contributed by atoms with Crippen molar-refractivity contribution >= 4 is 11.8 Å². The van der Waals surface area contributed by atoms with Gasteiger partial charge < -0.3 is 15.1 Å². The number of thioether (sulfide) groups is 1. The molecular formula is C10H21NO2S. The summed E-state index contributed by atoms with van der Waals surface area (Å²) in [6.45, 7) is 5.05. The predicted octanol–water partition coefficient (Wildman–Crippen LogP) is 0.416. The number of hydrogen-bond acceptors (Lipinski definition) is 4. The lowest BCUT2D eigenvalue weighted by atomic mass is 9.92. The maximum Gasteiger partial charge on any atom is 0.0519 e. The van der Waals surface area contributed by atoms with Crippen molar-refractivity contribution in [1.29, 1.82) is 0 Å². The molecule has 1 rings (SSSR count). The topological polar surface area (TPSA) is 43.7 Å². The summed E-state index contributed by atoms with van der Waals surface area (Å²) in [5.41, 5.74) is -0.338. The minimum absolute atomic E-state index is 0.0626. The zero-order valence-corrected chi connectivity index (χ0v) is 9.72. The zero-order valence-electron chi connectivity index (χ0n) is 8.91. The molecule has 1 aliphatic heterocycles. The van der Waals surface area contributed by atoms with E-state index >= 15 is 0 Å². The highest BCUT2D eigenvalue weighted by molar-refractivity contribution is 7.99. The Kier molecular flexibility index (Phi) is 5.23. The van der Waals surface area contributed by atoms with Gasteiger partial charge in [0, 0.05) is 24.3 Å². The van der Waals surface area contributed by atoms with E-state index in [9.17, 15) is 10.2 Å². The first kappa shape index (κ1) is 12.3. The van der Waals surface area contributed by atoms with E-state index in [4.69, 9.17) is 0 Å². The van der Waals surface area contributed by atoms with Gasteiger partial charge in [0.05, 0.1) is 13.2 Å². The van der Waals surface area contributed by atoms with Gasteiger partial charge in [0.15, 0.2) is 0 Å². The molecular weight excluding hydrogens is 198 g/mol. The fraction of sp³-hybridized carbons (Fsp3) is 1.00. The van der Waals surface area contributed by atoms with Crippen LogP contribution >= 0.6 is 11.8 Å². The second kappa shape index (κ2) is 5.95. The lowest BCUT2D eigenvalue weighted by Gasteiger charge is -2.31. The molecule has 3 nitrogen and oxygen atoms in total. The van der Waals surface area contributed by atoms with E-state index in [1.54, 1.807) is 0 Å². The standard InChI is InChI=1S/C10H21NO2S/c1-10(8-12,9-13)7-11-3-2-5-14-6-4-11/h12-13H,2-9H2,1H3. The third-order valence-electron chi connectivity index (χ3n) is 2.68. The fourth-order valence-electron chi connectivity index (χ4n) is 1.65. The van der Waals surface area contributed by atoms with Crippen LogP contribution in [0.5, 0.6) is 0 Å². The average Bonchev–Trinajstić information content (AvgIpc) is 2.46. The summed E-state index contributed by atoms with van der Waals surface area (Å²) in [5.74, 6) is 2.42. The quantitative estimate of drug-likeness (QED) is 0.719. The second-order valence-electron chi connectivity index (χ2n) is 4.37. The minimum Gasteiger partial charge on any atom is -0.396 e. The number of aliphatic hydroxyl groups is 2. The molecule has 0 amide bonds. The largest absolute Gasteiger partial charge is 0.396 e. The molecule has 4 heteroatoms. The van der Waals surface area contributed by atoms with Gasteiger partial charge in [0.25, 0.3) is 0 Å². The average molecular weight is 219 g/mol. The fourth-order valence-corrected chi connectivity index (χ4v) is 2.57. The number of hydrogen-bond donors (Lipinski definition) is 2. The first-order valence-electron chi connectivity index (χ1n) is 5.22. The molecule has 0 radical (unpaired) electrons. The van der Waals surface area contributed by atoms with Crippen LogP contribution in [0.1, 0.15) is 13.3 Å². The van der Waals surface area contributed by atoms with E-state index in [2.05, 4.69) is 4.90 Å². The Hall–Kier alpha value is 0.230. The lowest BCUT2D eigenvalue weighted by molar-refractivity contribution is 0.0372. The normalized spacial score (nSPS) is 20.8. The van der Waals surface area contributed by atoms with Gasteiger partial charge in [-0.2, -0.15) is 11.8 Å². The number of aliphatic hydroxyl groups excluding tert-OH is 2. The van der Waals surface area contributed by atoms with Gasteiger partial charge in [-0.25, -0.2) is 0 Å². The van der Waals surface area contributed by atoms with Gasteiger partial charge in [-0.05, 0) is 18.7 Å². The summed E-state index contributed by atoms with van der Waals surface area (Å²) in [4.78, 5) is 2.35. The smallest absolute Gasteiger partial charge is 0.0519 e. The van der Waals surface area contributed by atoms with Crippen LogP contribution in [-0.2, 0) is 0 Å². The molecule has 84 valence electrons. The van der Waals surface area contributed by atoms with Crippen LogP contribution in [0.4, 0.5) is 0 Å². The highest BCUT2D eigenvalue weighted by Crippen LogP contribution is 2.19. The summed E-state index contributed by atoms with van der Waals surface area (Å²) in [6, 6.07) is 0. The summed E-state index contributed by atoms with van der Waals surface area (Å²) in [5, 5.41) is 18.4. The maximum atomic E-state index is 9.19. The van der Waals surface area contributed by atoms with Crippen LogP contribution in [0.3, 0.4) is 0 Å². The van der Waals surface area contributed by atoms with Crippen LogP contribution in [-0.4, -0.2) is 59.5 Å². The monoisotopic (exact) mass is 219 g/mol. The third-order valence-corrected chi connectivity index (χ3v) is 3.73. The molecule has 0 aromatic rings. The molecule has 1 heterocycles. The molecule has 0 spiro atoms. The molecule has 0 aromatic carbocycles. The van der Waals surface area contributed by atoms with Crippen molar-refractivity contribution in [3.05, 3.63) is 0 Å². The minimum atomic E-state index is -0.338. The Morgan fingerprint density at radius 2 is 1.93 bits per heavy atom. The summed E-state index contributed by atoms with van der Waals surface area (Å²) in [7, 11) is 0. The summed E-state index contributed by atoms with van der Waals surface area (Å²) in [6.07, 6.45) is 1.22. The Balaban J connectivity index is 2.39. The molecule has 1 fully saturated rings. The Morgan fingerprint density at radius 1 is 1.21 bits per heavy atom. The molecule has 0 unspecified atom stereocenters. The van der Waals surface area contributed by atoms with Crippen molar-refractivity contribution in [2.24, 2.45) is 5.41 Å². The molecule has 1 aliphatic rings. The zero-order chi connectivity index (χ0) is 10.4. The Morgan fingerprint density at radius 3 is 2.57 bits per heavy atom. The Labute approximate surface area is 90.5 Å². The van der Waals surface area contributed by atoms with E-state index in [0.29, 0.717) is 0 Å². The van der Waals surface area contributed by atoms with Crippen molar-refractivity contribution in [3.8, 4) is 0 Å². The Bertz CT molecular complexity index is 154. The van der Waals surface area contributed by atoms with Crippen molar-refractivity contribution in [1.82, 2.24) is 4.90 Å². The van der Waals surface area contributed by atoms with E-state index in [1.165, 1.54) is 17.9 Å². The van der Waals surface area contributed by atoms with E-state index < -0.39 is 0 Å². The molecule has 14 heavy (non-hydrogen) atoms. The highest BCUT2D eigenvalue weighted by Gasteiger charge is 2.25. The highest BCUT2D eigenvalue weighted by atomic mass is 32.2. The summed E-state index contributed by atoms with van der Waals surface area (Å²) < 4.78 is 0. The summed E-state index contributed by atoms with van der Waals surface area (Å²) >= 11 is 1.99. The van der Waals surface area contributed by atoms with Gasteiger partial charge in [0.2, 0.25) is 0 Å². The van der Waals surface area contributed by atoms with Crippen LogP contribution < -0.4 is 0 Å². The van der Waals surface area contributed by atoms with Crippen molar-refractivity contribution in [3.63, 3.8) is 0 Å². The molecule has 0 atom stereocenters. The van der Waals surface area contributed by atoms with Crippen molar-refractivity contribution < 1.29 is 10.2 Å². The van der Waals surface area contributed by atoms with Gasteiger partial charge in [-0.3, -0.25) is 0 Å². The number of rotatable bonds is 4. The molecule has 0 aliphatic carbocycles. The molecule has 0 bridgehead atoms. The first-order valence-corrected chi connectivity index (χ1v) is 6.37. The molecule has 2 N–H and O–H groups in total. The first-order chi connectivity index (χ1) is 6.70. The van der Waals surface area contributed by atoms with Crippen molar-refractivity contribution in [2.45, 2.75) is 13.3 Å². The van der Waals surface area contributed by atoms with E-state index in [-0.39, 0.29) is 18.6 Å². The van der Waals surface area contributed by atoms with Gasteiger partial charge in [-0.15, -0.1) is 0 Å². The van der Waals surface area contributed by atoms with Crippen LogP contribution in [0.2, 0.25) is 0 Å². The molecule has 0 aromatic heterocycles. The van der Waals surface area contributed by atoms with Gasteiger partial charge >= 0.3 is 0 Å².